The molecular formula is C15H17ClN2OS2. The normalized spacial score (nSPS) is 10.7. The monoisotopic (exact) mass is 340 g/mol. The smallest absolute Gasteiger partial charge is 0.261 e. The van der Waals surface area contributed by atoms with Crippen LogP contribution in [0.1, 0.15) is 22.5 Å². The molecular weight excluding hydrogens is 324 g/mol. The zero-order valence-electron chi connectivity index (χ0n) is 11.4. The number of benzene rings is 1. The number of hydrogen-bond donors (Lipinski definition) is 2. The number of carbonyl (C=O) groups excluding carboxylic acids is 1. The maximum absolute atomic E-state index is 12.1. The number of hydrogen-bond acceptors (Lipinski definition) is 4. The van der Waals surface area contributed by atoms with Gasteiger partial charge in [0.1, 0.15) is 0 Å². The Balaban J connectivity index is 0.00000161. The fourth-order valence-electron chi connectivity index (χ4n) is 2.17. The van der Waals surface area contributed by atoms with E-state index >= 15 is 0 Å². The largest absolute Gasteiger partial charge is 0.351 e. The Bertz CT molecular complexity index is 750. The first-order valence-electron chi connectivity index (χ1n) is 6.69. The predicted octanol–water partition coefficient (Wildman–Crippen LogP) is 4.01. The van der Waals surface area contributed by atoms with E-state index in [1.807, 2.05) is 18.2 Å². The van der Waals surface area contributed by atoms with Crippen molar-refractivity contribution in [1.82, 2.24) is 5.32 Å². The zero-order valence-corrected chi connectivity index (χ0v) is 13.9. The first kappa shape index (κ1) is 16.2. The number of carbonyl (C=O) groups is 1. The fourth-order valence-corrected chi connectivity index (χ4v) is 4.61. The Morgan fingerprint density at radius 2 is 1.95 bits per heavy atom. The van der Waals surface area contributed by atoms with Gasteiger partial charge in [0, 0.05) is 21.3 Å². The summed E-state index contributed by atoms with van der Waals surface area (Å²) in [5, 5.41) is 4.20. The second kappa shape index (κ2) is 7.22. The third-order valence-corrected chi connectivity index (χ3v) is 5.60. The molecule has 21 heavy (non-hydrogen) atoms. The Labute approximate surface area is 137 Å². The van der Waals surface area contributed by atoms with Gasteiger partial charge in [-0.05, 0) is 31.5 Å². The lowest BCUT2D eigenvalue weighted by molar-refractivity contribution is 0.0957. The molecule has 3 rings (SSSR count). The van der Waals surface area contributed by atoms with Crippen LogP contribution in [0.15, 0.2) is 30.3 Å². The van der Waals surface area contributed by atoms with Gasteiger partial charge in [-0.2, -0.15) is 0 Å². The van der Waals surface area contributed by atoms with Crippen molar-refractivity contribution in [3.8, 4) is 0 Å². The molecule has 0 spiro atoms. The fraction of sp³-hybridized carbons (Fsp3) is 0.267. The number of thiophene rings is 2. The minimum Gasteiger partial charge on any atom is -0.351 e. The van der Waals surface area contributed by atoms with Gasteiger partial charge in [-0.25, -0.2) is 0 Å². The highest BCUT2D eigenvalue weighted by Crippen LogP contribution is 2.39. The molecule has 0 bridgehead atoms. The van der Waals surface area contributed by atoms with Crippen molar-refractivity contribution < 1.29 is 4.79 Å². The lowest BCUT2D eigenvalue weighted by Gasteiger charge is -2.01. The molecule has 0 radical (unpaired) electrons. The highest BCUT2D eigenvalue weighted by molar-refractivity contribution is 7.33. The van der Waals surface area contributed by atoms with E-state index in [2.05, 4.69) is 17.4 Å². The van der Waals surface area contributed by atoms with Crippen LogP contribution in [-0.2, 0) is 0 Å². The lowest BCUT2D eigenvalue weighted by Crippen LogP contribution is -2.23. The van der Waals surface area contributed by atoms with Crippen LogP contribution in [0.5, 0.6) is 0 Å². The molecule has 0 aliphatic rings. The maximum Gasteiger partial charge on any atom is 0.261 e. The zero-order chi connectivity index (χ0) is 13.9. The standard InChI is InChI=1S/C15H16N2OS2.ClH/c16-7-3-4-8-17-15(18)13-9-12-14(20-13)10-5-1-2-6-11(10)19-12;/h1-2,5-6,9H,3-4,7-8,16H2,(H,17,18);1H. The van der Waals surface area contributed by atoms with E-state index in [0.29, 0.717) is 13.1 Å². The summed E-state index contributed by atoms with van der Waals surface area (Å²) in [6.07, 6.45) is 1.88. The van der Waals surface area contributed by atoms with Crippen LogP contribution in [0.3, 0.4) is 0 Å². The van der Waals surface area contributed by atoms with Crippen LogP contribution in [0, 0.1) is 0 Å². The summed E-state index contributed by atoms with van der Waals surface area (Å²) < 4.78 is 3.70. The first-order chi connectivity index (χ1) is 9.79. The third-order valence-electron chi connectivity index (χ3n) is 3.19. The maximum atomic E-state index is 12.1. The van der Waals surface area contributed by atoms with Gasteiger partial charge in [0.2, 0.25) is 0 Å². The second-order valence-electron chi connectivity index (χ2n) is 4.65. The molecule has 0 aliphatic heterocycles. The van der Waals surface area contributed by atoms with Gasteiger partial charge in [0.05, 0.1) is 9.58 Å². The summed E-state index contributed by atoms with van der Waals surface area (Å²) in [4.78, 5) is 12.9. The Morgan fingerprint density at radius 1 is 1.14 bits per heavy atom. The van der Waals surface area contributed by atoms with Crippen molar-refractivity contribution in [2.45, 2.75) is 12.8 Å². The molecule has 112 valence electrons. The van der Waals surface area contributed by atoms with Gasteiger partial charge < -0.3 is 11.1 Å². The molecule has 3 aromatic rings. The summed E-state index contributed by atoms with van der Waals surface area (Å²) >= 11 is 3.32. The van der Waals surface area contributed by atoms with E-state index in [9.17, 15) is 4.79 Å². The average molecular weight is 341 g/mol. The molecule has 0 atom stereocenters. The SMILES string of the molecule is Cl.NCCCCNC(=O)c1cc2sc3ccccc3c2s1. The summed E-state index contributed by atoms with van der Waals surface area (Å²) in [6, 6.07) is 10.3. The van der Waals surface area contributed by atoms with Crippen molar-refractivity contribution in [1.29, 1.82) is 0 Å². The van der Waals surface area contributed by atoms with Gasteiger partial charge in [-0.3, -0.25) is 4.79 Å². The Hall–Kier alpha value is -1.14. The summed E-state index contributed by atoms with van der Waals surface area (Å²) in [6.45, 7) is 1.37. The van der Waals surface area contributed by atoms with Crippen molar-refractivity contribution in [2.24, 2.45) is 5.73 Å². The molecule has 3 N–H and O–H groups in total. The molecule has 1 aromatic carbocycles. The van der Waals surface area contributed by atoms with Crippen LogP contribution < -0.4 is 11.1 Å². The molecule has 2 heterocycles. The number of halogens is 1. The number of rotatable bonds is 5. The van der Waals surface area contributed by atoms with Crippen molar-refractivity contribution >= 4 is 60.5 Å². The second-order valence-corrected chi connectivity index (χ2v) is 6.79. The Kier molecular flexibility index (Phi) is 5.58. The van der Waals surface area contributed by atoms with E-state index in [-0.39, 0.29) is 18.3 Å². The molecule has 0 saturated carbocycles. The third kappa shape index (κ3) is 3.37. The van der Waals surface area contributed by atoms with E-state index < -0.39 is 0 Å². The van der Waals surface area contributed by atoms with Crippen LogP contribution >= 0.6 is 35.1 Å². The number of nitrogens with two attached hydrogens (primary N) is 1. The summed E-state index contributed by atoms with van der Waals surface area (Å²) in [7, 11) is 0. The minimum atomic E-state index is 0. The predicted molar refractivity (Wildman–Crippen MR) is 95.1 cm³/mol. The molecule has 1 amide bonds. The van der Waals surface area contributed by atoms with Crippen molar-refractivity contribution in [3.63, 3.8) is 0 Å². The molecule has 0 aliphatic carbocycles. The van der Waals surface area contributed by atoms with Gasteiger partial charge in [-0.1, -0.05) is 18.2 Å². The topological polar surface area (TPSA) is 55.1 Å². The minimum absolute atomic E-state index is 0. The number of fused-ring (bicyclic) bond motifs is 3. The molecule has 2 aromatic heterocycles. The number of nitrogens with one attached hydrogen (secondary N) is 1. The van der Waals surface area contributed by atoms with Gasteiger partial charge >= 0.3 is 0 Å². The summed E-state index contributed by atoms with van der Waals surface area (Å²) in [5.74, 6) is 0.0273. The lowest BCUT2D eigenvalue weighted by atomic mass is 10.2. The molecule has 0 fully saturated rings. The quantitative estimate of drug-likeness (QED) is 0.689. The highest BCUT2D eigenvalue weighted by atomic mass is 35.5. The highest BCUT2D eigenvalue weighted by Gasteiger charge is 2.13. The molecule has 0 saturated heterocycles. The first-order valence-corrected chi connectivity index (χ1v) is 8.32. The molecule has 3 nitrogen and oxygen atoms in total. The van der Waals surface area contributed by atoms with Gasteiger partial charge in [-0.15, -0.1) is 35.1 Å². The molecule has 0 unspecified atom stereocenters. The average Bonchev–Trinajstić information content (AvgIpc) is 3.01. The molecule has 6 heteroatoms. The van der Waals surface area contributed by atoms with Gasteiger partial charge in [0.25, 0.3) is 5.91 Å². The van der Waals surface area contributed by atoms with E-state index in [0.717, 1.165) is 17.7 Å². The van der Waals surface area contributed by atoms with Crippen LogP contribution in [0.4, 0.5) is 0 Å². The number of amides is 1. The Morgan fingerprint density at radius 3 is 2.76 bits per heavy atom. The summed E-state index contributed by atoms with van der Waals surface area (Å²) in [5.41, 5.74) is 5.44. The van der Waals surface area contributed by atoms with Crippen LogP contribution in [0.2, 0.25) is 0 Å². The van der Waals surface area contributed by atoms with Crippen LogP contribution in [0.25, 0.3) is 19.5 Å². The van der Waals surface area contributed by atoms with Crippen molar-refractivity contribution in [3.05, 3.63) is 35.2 Å². The van der Waals surface area contributed by atoms with E-state index in [4.69, 9.17) is 5.73 Å². The number of unbranched alkanes of at least 4 members (excludes halogenated alkanes) is 1. The van der Waals surface area contributed by atoms with E-state index in [1.54, 1.807) is 22.7 Å². The van der Waals surface area contributed by atoms with Crippen LogP contribution in [-0.4, -0.2) is 19.0 Å². The van der Waals surface area contributed by atoms with Crippen molar-refractivity contribution in [2.75, 3.05) is 13.1 Å². The van der Waals surface area contributed by atoms with Gasteiger partial charge in [0.15, 0.2) is 0 Å². The van der Waals surface area contributed by atoms with E-state index in [1.165, 1.54) is 19.5 Å².